The van der Waals surface area contributed by atoms with Gasteiger partial charge in [0.1, 0.15) is 17.7 Å². The highest BCUT2D eigenvalue weighted by atomic mass is 79.9. The first-order valence-corrected chi connectivity index (χ1v) is 6.66. The summed E-state index contributed by atoms with van der Waals surface area (Å²) in [5.41, 5.74) is 0.289. The molecule has 0 saturated heterocycles. The maximum Gasteiger partial charge on any atom is 0.135 e. The predicted molar refractivity (Wildman–Crippen MR) is 74.3 cm³/mol. The summed E-state index contributed by atoms with van der Waals surface area (Å²) >= 11 is 9.05. The molecule has 0 aliphatic heterocycles. The van der Waals surface area contributed by atoms with E-state index < -0.39 is 17.7 Å². The Morgan fingerprint density at radius 1 is 1.21 bits per heavy atom. The largest absolute Gasteiger partial charge is 0.383 e. The molecule has 0 amide bonds. The van der Waals surface area contributed by atoms with Crippen molar-refractivity contribution in [2.45, 2.75) is 13.0 Å². The summed E-state index contributed by atoms with van der Waals surface area (Å²) < 4.78 is 28.2. The van der Waals surface area contributed by atoms with Gasteiger partial charge in [0, 0.05) is 4.47 Å². The Morgan fingerprint density at radius 2 is 1.89 bits per heavy atom. The lowest BCUT2D eigenvalue weighted by Crippen LogP contribution is -2.07. The molecule has 0 aliphatic carbocycles. The summed E-state index contributed by atoms with van der Waals surface area (Å²) in [4.78, 5) is 0. The van der Waals surface area contributed by atoms with E-state index in [2.05, 4.69) is 15.9 Å². The molecular formula is C14H10BrClF2O. The quantitative estimate of drug-likeness (QED) is 0.829. The summed E-state index contributed by atoms with van der Waals surface area (Å²) in [7, 11) is 0. The van der Waals surface area contributed by atoms with Gasteiger partial charge in [0.05, 0.1) is 10.6 Å². The highest BCUT2D eigenvalue weighted by Gasteiger charge is 2.21. The standard InChI is InChI=1S/C14H10BrClF2O/c1-7-2-5-11(17)12(13(7)18)14(19)8-3-4-10(16)9(15)6-8/h2-6,14,19H,1H3. The van der Waals surface area contributed by atoms with Crippen LogP contribution in [0.4, 0.5) is 8.78 Å². The van der Waals surface area contributed by atoms with Crippen LogP contribution in [0.3, 0.4) is 0 Å². The lowest BCUT2D eigenvalue weighted by Gasteiger charge is -2.15. The van der Waals surface area contributed by atoms with Crippen molar-refractivity contribution in [3.05, 3.63) is 68.2 Å². The van der Waals surface area contributed by atoms with E-state index in [1.54, 1.807) is 6.07 Å². The van der Waals surface area contributed by atoms with Crippen LogP contribution in [0.5, 0.6) is 0 Å². The average Bonchev–Trinajstić information content (AvgIpc) is 2.37. The van der Waals surface area contributed by atoms with Crippen molar-refractivity contribution in [1.29, 1.82) is 0 Å². The molecule has 2 rings (SSSR count). The Kier molecular flexibility index (Phi) is 4.23. The third-order valence-corrected chi connectivity index (χ3v) is 4.07. The van der Waals surface area contributed by atoms with Crippen LogP contribution < -0.4 is 0 Å². The van der Waals surface area contributed by atoms with E-state index in [4.69, 9.17) is 11.6 Å². The van der Waals surface area contributed by atoms with E-state index in [1.807, 2.05) is 0 Å². The van der Waals surface area contributed by atoms with E-state index in [-0.39, 0.29) is 11.1 Å². The normalized spacial score (nSPS) is 12.5. The molecule has 2 aromatic carbocycles. The van der Waals surface area contributed by atoms with E-state index in [9.17, 15) is 13.9 Å². The Morgan fingerprint density at radius 3 is 2.53 bits per heavy atom. The van der Waals surface area contributed by atoms with Crippen molar-refractivity contribution in [3.63, 3.8) is 0 Å². The molecule has 0 bridgehead atoms. The number of halogens is 4. The van der Waals surface area contributed by atoms with Gasteiger partial charge in [-0.15, -0.1) is 0 Å². The van der Waals surface area contributed by atoms with Gasteiger partial charge >= 0.3 is 0 Å². The zero-order valence-corrected chi connectivity index (χ0v) is 12.3. The van der Waals surface area contributed by atoms with Gasteiger partial charge in [0.25, 0.3) is 0 Å². The maximum absolute atomic E-state index is 13.9. The highest BCUT2D eigenvalue weighted by Crippen LogP contribution is 2.32. The summed E-state index contributed by atoms with van der Waals surface area (Å²) in [5, 5.41) is 10.6. The maximum atomic E-state index is 13.9. The van der Waals surface area contributed by atoms with Gasteiger partial charge in [-0.1, -0.05) is 23.7 Å². The fourth-order valence-electron chi connectivity index (χ4n) is 1.78. The lowest BCUT2D eigenvalue weighted by atomic mass is 9.98. The Balaban J connectivity index is 2.52. The molecule has 1 N–H and O–H groups in total. The average molecular weight is 348 g/mol. The van der Waals surface area contributed by atoms with E-state index in [0.717, 1.165) is 6.07 Å². The third-order valence-electron chi connectivity index (χ3n) is 2.85. The first-order valence-electron chi connectivity index (χ1n) is 5.49. The van der Waals surface area contributed by atoms with Gasteiger partial charge in [0.2, 0.25) is 0 Å². The number of aliphatic hydroxyl groups excluding tert-OH is 1. The zero-order chi connectivity index (χ0) is 14.2. The number of aliphatic hydroxyl groups is 1. The van der Waals surface area contributed by atoms with Gasteiger partial charge < -0.3 is 5.11 Å². The van der Waals surface area contributed by atoms with E-state index >= 15 is 0 Å². The number of hydrogen-bond acceptors (Lipinski definition) is 1. The molecule has 19 heavy (non-hydrogen) atoms. The molecule has 5 heteroatoms. The van der Waals surface area contributed by atoms with E-state index in [1.165, 1.54) is 25.1 Å². The third kappa shape index (κ3) is 2.81. The molecule has 1 atom stereocenters. The second kappa shape index (κ2) is 5.57. The number of rotatable bonds is 2. The molecule has 0 aromatic heterocycles. The zero-order valence-electron chi connectivity index (χ0n) is 9.92. The summed E-state index contributed by atoms with van der Waals surface area (Å²) in [5.74, 6) is -1.51. The first-order chi connectivity index (χ1) is 8.91. The van der Waals surface area contributed by atoms with Gasteiger partial charge in [-0.3, -0.25) is 0 Å². The molecule has 2 aromatic rings. The van der Waals surface area contributed by atoms with Crippen LogP contribution in [0.2, 0.25) is 5.02 Å². The SMILES string of the molecule is Cc1ccc(F)c(C(O)c2ccc(Cl)c(Br)c2)c1F. The minimum Gasteiger partial charge on any atom is -0.383 e. The predicted octanol–water partition coefficient (Wildman–Crippen LogP) is 4.77. The smallest absolute Gasteiger partial charge is 0.135 e. The van der Waals surface area contributed by atoms with Crippen molar-refractivity contribution in [1.82, 2.24) is 0 Å². The summed E-state index contributed by atoms with van der Waals surface area (Å²) in [6.07, 6.45) is -1.38. The van der Waals surface area contributed by atoms with Crippen LogP contribution in [0.15, 0.2) is 34.8 Å². The van der Waals surface area contributed by atoms with Crippen molar-refractivity contribution < 1.29 is 13.9 Å². The molecule has 0 heterocycles. The molecule has 1 unspecified atom stereocenters. The molecule has 0 spiro atoms. The highest BCUT2D eigenvalue weighted by molar-refractivity contribution is 9.10. The minimum absolute atomic E-state index is 0.281. The lowest BCUT2D eigenvalue weighted by molar-refractivity contribution is 0.208. The van der Waals surface area contributed by atoms with E-state index in [0.29, 0.717) is 15.1 Å². The van der Waals surface area contributed by atoms with Crippen LogP contribution in [-0.2, 0) is 0 Å². The molecule has 0 aliphatic rings. The monoisotopic (exact) mass is 346 g/mol. The van der Waals surface area contributed by atoms with Gasteiger partial charge in [-0.05, 0) is 52.2 Å². The fraction of sp³-hybridized carbons (Fsp3) is 0.143. The van der Waals surface area contributed by atoms with Gasteiger partial charge in [-0.25, -0.2) is 8.78 Å². The number of benzene rings is 2. The van der Waals surface area contributed by atoms with Gasteiger partial charge in [0.15, 0.2) is 0 Å². The molecule has 0 saturated carbocycles. The van der Waals surface area contributed by atoms with Crippen molar-refractivity contribution in [3.8, 4) is 0 Å². The molecule has 0 radical (unpaired) electrons. The molecule has 100 valence electrons. The first kappa shape index (κ1) is 14.4. The number of hydrogen-bond donors (Lipinski definition) is 1. The van der Waals surface area contributed by atoms with Crippen molar-refractivity contribution in [2.24, 2.45) is 0 Å². The number of aryl methyl sites for hydroxylation is 1. The summed E-state index contributed by atoms with van der Waals surface area (Å²) in [6, 6.07) is 7.09. The van der Waals surface area contributed by atoms with Crippen LogP contribution in [0.25, 0.3) is 0 Å². The van der Waals surface area contributed by atoms with Crippen LogP contribution in [0.1, 0.15) is 22.8 Å². The van der Waals surface area contributed by atoms with Gasteiger partial charge in [-0.2, -0.15) is 0 Å². The second-order valence-electron chi connectivity index (χ2n) is 4.17. The molecule has 0 fully saturated rings. The van der Waals surface area contributed by atoms with Crippen molar-refractivity contribution in [2.75, 3.05) is 0 Å². The fourth-order valence-corrected chi connectivity index (χ4v) is 2.29. The van der Waals surface area contributed by atoms with Crippen LogP contribution >= 0.6 is 27.5 Å². The molecular weight excluding hydrogens is 338 g/mol. The Hall–Kier alpha value is -0.970. The Bertz CT molecular complexity index is 631. The Labute approximate surface area is 123 Å². The minimum atomic E-state index is -1.38. The second-order valence-corrected chi connectivity index (χ2v) is 5.43. The van der Waals surface area contributed by atoms with Crippen LogP contribution in [-0.4, -0.2) is 5.11 Å². The summed E-state index contributed by atoms with van der Waals surface area (Å²) in [6.45, 7) is 1.52. The molecule has 1 nitrogen and oxygen atoms in total. The van der Waals surface area contributed by atoms with Crippen molar-refractivity contribution >= 4 is 27.5 Å². The van der Waals surface area contributed by atoms with Crippen LogP contribution in [0, 0.1) is 18.6 Å². The topological polar surface area (TPSA) is 20.2 Å².